The molecule has 0 saturated heterocycles. The fourth-order valence-electron chi connectivity index (χ4n) is 2.51. The average molecular weight is 389 g/mol. The molecule has 0 bridgehead atoms. The summed E-state index contributed by atoms with van der Waals surface area (Å²) in [4.78, 5) is 24.3. The first-order chi connectivity index (χ1) is 13.4. The zero-order chi connectivity index (χ0) is 20.5. The largest absolute Gasteiger partial charge is 0.490 e. The van der Waals surface area contributed by atoms with Gasteiger partial charge in [-0.3, -0.25) is 4.79 Å². The lowest BCUT2D eigenvalue weighted by atomic mass is 10.1. The molecule has 2 aromatic carbocycles. The van der Waals surface area contributed by atoms with E-state index in [1.54, 1.807) is 31.2 Å². The third-order valence-corrected chi connectivity index (χ3v) is 3.86. The molecular formula is C21H24FNO5. The maximum Gasteiger partial charge on any atom is 0.338 e. The van der Waals surface area contributed by atoms with Gasteiger partial charge in [-0.2, -0.15) is 0 Å². The highest BCUT2D eigenvalue weighted by Crippen LogP contribution is 2.28. The summed E-state index contributed by atoms with van der Waals surface area (Å²) in [6.45, 7) is 5.89. The van der Waals surface area contributed by atoms with Crippen molar-refractivity contribution in [3.8, 4) is 11.5 Å². The molecule has 0 fully saturated rings. The van der Waals surface area contributed by atoms with Crippen molar-refractivity contribution in [1.82, 2.24) is 5.32 Å². The molecule has 0 aliphatic rings. The molecule has 0 aliphatic heterocycles. The lowest BCUT2D eigenvalue weighted by Crippen LogP contribution is -2.31. The summed E-state index contributed by atoms with van der Waals surface area (Å²) < 4.78 is 29.0. The normalized spacial score (nSPS) is 11.4. The molecule has 7 heteroatoms. The molecule has 2 aromatic rings. The molecule has 0 aromatic heterocycles. The molecule has 0 unspecified atom stereocenters. The van der Waals surface area contributed by atoms with Gasteiger partial charge in [-0.05, 0) is 56.7 Å². The van der Waals surface area contributed by atoms with Gasteiger partial charge in [0, 0.05) is 0 Å². The summed E-state index contributed by atoms with van der Waals surface area (Å²) in [5.74, 6) is -0.479. The van der Waals surface area contributed by atoms with Crippen molar-refractivity contribution in [2.45, 2.75) is 26.8 Å². The van der Waals surface area contributed by atoms with E-state index < -0.39 is 18.5 Å². The Labute approximate surface area is 163 Å². The highest BCUT2D eigenvalue weighted by Gasteiger charge is 2.15. The molecule has 0 radical (unpaired) electrons. The molecule has 28 heavy (non-hydrogen) atoms. The minimum atomic E-state index is -0.645. The average Bonchev–Trinajstić information content (AvgIpc) is 2.68. The van der Waals surface area contributed by atoms with Crippen molar-refractivity contribution in [1.29, 1.82) is 0 Å². The molecule has 0 saturated carbocycles. The van der Waals surface area contributed by atoms with Gasteiger partial charge in [0.15, 0.2) is 18.1 Å². The van der Waals surface area contributed by atoms with Crippen LogP contribution in [0.15, 0.2) is 42.5 Å². The monoisotopic (exact) mass is 389 g/mol. The SMILES string of the molecule is CCOc1ccc(C(=O)OCC(=O)N[C@@H](C)c2ccc(F)cc2)cc1OCC. The Kier molecular flexibility index (Phi) is 7.80. The van der Waals surface area contributed by atoms with E-state index >= 15 is 0 Å². The summed E-state index contributed by atoms with van der Waals surface area (Å²) in [6.07, 6.45) is 0. The molecule has 1 atom stereocenters. The van der Waals surface area contributed by atoms with Crippen LogP contribution in [0.3, 0.4) is 0 Å². The molecule has 2 rings (SSSR count). The molecule has 1 amide bonds. The number of nitrogens with one attached hydrogen (secondary N) is 1. The first-order valence-electron chi connectivity index (χ1n) is 9.06. The molecule has 1 N–H and O–H groups in total. The van der Waals surface area contributed by atoms with Crippen LogP contribution < -0.4 is 14.8 Å². The summed E-state index contributed by atoms with van der Waals surface area (Å²) >= 11 is 0. The van der Waals surface area contributed by atoms with Gasteiger partial charge in [-0.15, -0.1) is 0 Å². The Morgan fingerprint density at radius 1 is 1.00 bits per heavy atom. The summed E-state index contributed by atoms with van der Waals surface area (Å²) in [5, 5.41) is 2.70. The Bertz CT molecular complexity index is 807. The summed E-state index contributed by atoms with van der Waals surface area (Å²) in [7, 11) is 0. The number of rotatable bonds is 9. The van der Waals surface area contributed by atoms with Crippen LogP contribution in [0, 0.1) is 5.82 Å². The number of halogens is 1. The van der Waals surface area contributed by atoms with Crippen molar-refractivity contribution in [3.63, 3.8) is 0 Å². The number of carbonyl (C=O) groups excluding carboxylic acids is 2. The second-order valence-electron chi connectivity index (χ2n) is 5.94. The predicted octanol–water partition coefficient (Wildman–Crippen LogP) is 3.66. The van der Waals surface area contributed by atoms with Crippen LogP contribution in [0.25, 0.3) is 0 Å². The number of esters is 1. The minimum absolute atomic E-state index is 0.256. The lowest BCUT2D eigenvalue weighted by Gasteiger charge is -2.15. The van der Waals surface area contributed by atoms with Crippen molar-refractivity contribution >= 4 is 11.9 Å². The van der Waals surface area contributed by atoms with Gasteiger partial charge < -0.3 is 19.5 Å². The standard InChI is InChI=1S/C21H24FNO5/c1-4-26-18-11-8-16(12-19(18)27-5-2)21(25)28-13-20(24)23-14(3)15-6-9-17(22)10-7-15/h6-12,14H,4-5,13H2,1-3H3,(H,23,24)/t14-/m0/s1. The topological polar surface area (TPSA) is 73.9 Å². The van der Waals surface area contributed by atoms with Gasteiger partial charge in [-0.1, -0.05) is 12.1 Å². The number of benzene rings is 2. The van der Waals surface area contributed by atoms with Crippen LogP contribution in [-0.4, -0.2) is 31.7 Å². The summed E-state index contributed by atoms with van der Waals surface area (Å²) in [6, 6.07) is 10.2. The van der Waals surface area contributed by atoms with E-state index in [2.05, 4.69) is 5.32 Å². The van der Waals surface area contributed by atoms with Crippen molar-refractivity contribution < 1.29 is 28.2 Å². The van der Waals surface area contributed by atoms with Crippen LogP contribution in [0.5, 0.6) is 11.5 Å². The van der Waals surface area contributed by atoms with E-state index in [9.17, 15) is 14.0 Å². The highest BCUT2D eigenvalue weighted by atomic mass is 19.1. The Hall–Kier alpha value is -3.09. The van der Waals surface area contributed by atoms with Gasteiger partial charge in [0.25, 0.3) is 5.91 Å². The van der Waals surface area contributed by atoms with E-state index in [4.69, 9.17) is 14.2 Å². The first-order valence-corrected chi connectivity index (χ1v) is 9.06. The molecule has 6 nitrogen and oxygen atoms in total. The Balaban J connectivity index is 1.92. The van der Waals surface area contributed by atoms with Crippen LogP contribution >= 0.6 is 0 Å². The van der Waals surface area contributed by atoms with E-state index in [-0.39, 0.29) is 17.4 Å². The van der Waals surface area contributed by atoms with Crippen LogP contribution in [0.1, 0.15) is 42.7 Å². The molecule has 0 spiro atoms. The second kappa shape index (κ2) is 10.3. The Morgan fingerprint density at radius 3 is 2.29 bits per heavy atom. The molecule has 150 valence electrons. The van der Waals surface area contributed by atoms with Crippen LogP contribution in [0.4, 0.5) is 4.39 Å². The quantitative estimate of drug-likeness (QED) is 0.663. The van der Waals surface area contributed by atoms with E-state index in [1.165, 1.54) is 18.2 Å². The smallest absolute Gasteiger partial charge is 0.338 e. The molecule has 0 aliphatic carbocycles. The number of amides is 1. The van der Waals surface area contributed by atoms with Gasteiger partial charge in [-0.25, -0.2) is 9.18 Å². The minimum Gasteiger partial charge on any atom is -0.490 e. The fourth-order valence-corrected chi connectivity index (χ4v) is 2.51. The van der Waals surface area contributed by atoms with Crippen LogP contribution in [-0.2, 0) is 9.53 Å². The molecule has 0 heterocycles. The third kappa shape index (κ3) is 5.97. The first kappa shape index (κ1) is 21.2. The number of ether oxygens (including phenoxy) is 3. The third-order valence-electron chi connectivity index (χ3n) is 3.86. The van der Waals surface area contributed by atoms with Crippen LogP contribution in [0.2, 0.25) is 0 Å². The Morgan fingerprint density at radius 2 is 1.64 bits per heavy atom. The second-order valence-corrected chi connectivity index (χ2v) is 5.94. The van der Waals surface area contributed by atoms with Gasteiger partial charge in [0.2, 0.25) is 0 Å². The zero-order valence-electron chi connectivity index (χ0n) is 16.2. The van der Waals surface area contributed by atoms with Gasteiger partial charge in [0.1, 0.15) is 5.82 Å². The van der Waals surface area contributed by atoms with Crippen molar-refractivity contribution in [3.05, 3.63) is 59.4 Å². The van der Waals surface area contributed by atoms with Gasteiger partial charge >= 0.3 is 5.97 Å². The zero-order valence-corrected chi connectivity index (χ0v) is 16.2. The predicted molar refractivity (Wildman–Crippen MR) is 102 cm³/mol. The highest BCUT2D eigenvalue weighted by molar-refractivity contribution is 5.92. The number of hydrogen-bond donors (Lipinski definition) is 1. The van der Waals surface area contributed by atoms with E-state index in [1.807, 2.05) is 13.8 Å². The number of carbonyl (C=O) groups is 2. The molecular weight excluding hydrogens is 365 g/mol. The lowest BCUT2D eigenvalue weighted by molar-refractivity contribution is -0.124. The van der Waals surface area contributed by atoms with E-state index in [0.29, 0.717) is 24.7 Å². The van der Waals surface area contributed by atoms with Crippen molar-refractivity contribution in [2.75, 3.05) is 19.8 Å². The summed E-state index contributed by atoms with van der Waals surface area (Å²) in [5.41, 5.74) is 1.00. The fraction of sp³-hybridized carbons (Fsp3) is 0.333. The van der Waals surface area contributed by atoms with Crippen molar-refractivity contribution in [2.24, 2.45) is 0 Å². The maximum absolute atomic E-state index is 13.0. The van der Waals surface area contributed by atoms with Gasteiger partial charge in [0.05, 0.1) is 24.8 Å². The number of hydrogen-bond acceptors (Lipinski definition) is 5. The maximum atomic E-state index is 13.0. The van der Waals surface area contributed by atoms with E-state index in [0.717, 1.165) is 5.56 Å².